The van der Waals surface area contributed by atoms with Gasteiger partial charge < -0.3 is 14.4 Å². The van der Waals surface area contributed by atoms with Crippen molar-refractivity contribution in [1.82, 2.24) is 24.5 Å². The molecule has 0 saturated carbocycles. The zero-order chi connectivity index (χ0) is 22.4. The van der Waals surface area contributed by atoms with Gasteiger partial charge in [0, 0.05) is 30.8 Å². The van der Waals surface area contributed by atoms with Crippen LogP contribution in [0.15, 0.2) is 47.3 Å². The molecular weight excluding hydrogens is 410 g/mol. The van der Waals surface area contributed by atoms with Crippen molar-refractivity contribution < 1.29 is 14.3 Å². The summed E-state index contributed by atoms with van der Waals surface area (Å²) in [7, 11) is 0. The lowest BCUT2D eigenvalue weighted by atomic mass is 9.98. The molecule has 4 heterocycles. The highest BCUT2D eigenvalue weighted by Crippen LogP contribution is 2.34. The quantitative estimate of drug-likeness (QED) is 0.620. The Kier molecular flexibility index (Phi) is 4.96. The Balaban J connectivity index is 1.24. The molecule has 3 aromatic rings. The highest BCUT2D eigenvalue weighted by molar-refractivity contribution is 5.83. The SMILES string of the molecule is Cc1cc(C)n(-c2ccc(=O)n(CC3CN(C(=O)C4Oc5ccccc5OC4C)C3)n2)n1. The van der Waals surface area contributed by atoms with Gasteiger partial charge >= 0.3 is 0 Å². The summed E-state index contributed by atoms with van der Waals surface area (Å²) in [5.74, 6) is 1.88. The van der Waals surface area contributed by atoms with Gasteiger partial charge in [-0.05, 0) is 45.0 Å². The molecule has 2 aliphatic rings. The number of nitrogens with zero attached hydrogens (tertiary/aromatic N) is 5. The van der Waals surface area contributed by atoms with E-state index in [9.17, 15) is 9.59 Å². The number of aryl methyl sites for hydroxylation is 2. The van der Waals surface area contributed by atoms with Crippen molar-refractivity contribution in [3.8, 4) is 17.3 Å². The first-order chi connectivity index (χ1) is 15.4. The van der Waals surface area contributed by atoms with Gasteiger partial charge in [-0.15, -0.1) is 5.10 Å². The first kappa shape index (κ1) is 20.3. The Morgan fingerprint density at radius 3 is 2.47 bits per heavy atom. The van der Waals surface area contributed by atoms with E-state index in [0.717, 1.165) is 11.4 Å². The zero-order valence-electron chi connectivity index (χ0n) is 18.3. The van der Waals surface area contributed by atoms with Crippen LogP contribution >= 0.6 is 0 Å². The maximum Gasteiger partial charge on any atom is 0.267 e. The number of aromatic nitrogens is 4. The Morgan fingerprint density at radius 2 is 1.78 bits per heavy atom. The van der Waals surface area contributed by atoms with Gasteiger partial charge in [0.15, 0.2) is 17.3 Å². The maximum atomic E-state index is 13.0. The molecule has 1 saturated heterocycles. The molecule has 0 bridgehead atoms. The normalized spacial score (nSPS) is 20.2. The van der Waals surface area contributed by atoms with E-state index in [1.807, 2.05) is 45.0 Å². The van der Waals surface area contributed by atoms with E-state index in [4.69, 9.17) is 9.47 Å². The van der Waals surface area contributed by atoms with E-state index in [0.29, 0.717) is 37.0 Å². The molecule has 0 N–H and O–H groups in total. The van der Waals surface area contributed by atoms with Gasteiger partial charge in [0.2, 0.25) is 6.10 Å². The highest BCUT2D eigenvalue weighted by Gasteiger charge is 2.41. The monoisotopic (exact) mass is 435 g/mol. The number of amides is 1. The summed E-state index contributed by atoms with van der Waals surface area (Å²) < 4.78 is 15.0. The Labute approximate surface area is 185 Å². The topological polar surface area (TPSA) is 91.5 Å². The minimum absolute atomic E-state index is 0.0973. The summed E-state index contributed by atoms with van der Waals surface area (Å²) in [6.45, 7) is 7.24. The van der Waals surface area contributed by atoms with Crippen LogP contribution in [0.25, 0.3) is 5.82 Å². The molecule has 2 atom stereocenters. The number of carbonyl (C=O) groups excluding carboxylic acids is 1. The fourth-order valence-electron chi connectivity index (χ4n) is 4.22. The molecule has 9 heteroatoms. The van der Waals surface area contributed by atoms with E-state index in [1.165, 1.54) is 10.7 Å². The summed E-state index contributed by atoms with van der Waals surface area (Å²) >= 11 is 0. The number of hydrogen-bond acceptors (Lipinski definition) is 6. The Morgan fingerprint density at radius 1 is 1.06 bits per heavy atom. The summed E-state index contributed by atoms with van der Waals surface area (Å²) in [4.78, 5) is 27.1. The number of likely N-dealkylation sites (tertiary alicyclic amines) is 1. The average molecular weight is 435 g/mol. The molecule has 1 fully saturated rings. The number of fused-ring (bicyclic) bond motifs is 1. The van der Waals surface area contributed by atoms with Crippen LogP contribution < -0.4 is 15.0 Å². The Hall–Kier alpha value is -3.62. The molecule has 2 aliphatic heterocycles. The van der Waals surface area contributed by atoms with Crippen LogP contribution in [0.2, 0.25) is 0 Å². The standard InChI is InChI=1S/C23H25N5O4/c1-14-10-15(2)28(24-14)20-8-9-21(29)27(25-20)13-17-11-26(12-17)23(30)22-16(3)31-18-6-4-5-7-19(18)32-22/h4-10,16-17,22H,11-13H2,1-3H3. The third kappa shape index (κ3) is 3.63. The first-order valence-corrected chi connectivity index (χ1v) is 10.7. The molecule has 5 rings (SSSR count). The smallest absolute Gasteiger partial charge is 0.267 e. The number of ether oxygens (including phenoxy) is 2. The zero-order valence-corrected chi connectivity index (χ0v) is 18.3. The Bertz CT molecular complexity index is 1230. The molecule has 2 aromatic heterocycles. The van der Waals surface area contributed by atoms with Crippen molar-refractivity contribution >= 4 is 5.91 Å². The van der Waals surface area contributed by atoms with Crippen LogP contribution in [0.5, 0.6) is 11.5 Å². The summed E-state index contributed by atoms with van der Waals surface area (Å²) in [6, 6.07) is 12.5. The van der Waals surface area contributed by atoms with E-state index < -0.39 is 6.10 Å². The predicted octanol–water partition coefficient (Wildman–Crippen LogP) is 1.73. The van der Waals surface area contributed by atoms with Crippen molar-refractivity contribution in [2.75, 3.05) is 13.1 Å². The van der Waals surface area contributed by atoms with Gasteiger partial charge in [0.25, 0.3) is 11.5 Å². The second kappa shape index (κ2) is 7.81. The molecule has 166 valence electrons. The number of benzene rings is 1. The largest absolute Gasteiger partial charge is 0.482 e. The number of carbonyl (C=O) groups is 1. The molecule has 9 nitrogen and oxygen atoms in total. The molecular formula is C23H25N5O4. The van der Waals surface area contributed by atoms with E-state index in [2.05, 4.69) is 10.2 Å². The molecule has 2 unspecified atom stereocenters. The molecule has 0 aliphatic carbocycles. The van der Waals surface area contributed by atoms with E-state index >= 15 is 0 Å². The second-order valence-electron chi connectivity index (χ2n) is 8.47. The van der Waals surface area contributed by atoms with Crippen LogP contribution in [-0.4, -0.2) is 55.7 Å². The van der Waals surface area contributed by atoms with Gasteiger partial charge in [0.05, 0.1) is 12.2 Å². The van der Waals surface area contributed by atoms with Gasteiger partial charge in [-0.2, -0.15) is 5.10 Å². The lowest BCUT2D eigenvalue weighted by molar-refractivity contribution is -0.151. The van der Waals surface area contributed by atoms with Gasteiger partial charge in [-0.3, -0.25) is 9.59 Å². The van der Waals surface area contributed by atoms with Crippen LogP contribution in [0, 0.1) is 19.8 Å². The summed E-state index contributed by atoms with van der Waals surface area (Å²) in [5, 5.41) is 8.93. The lowest BCUT2D eigenvalue weighted by Crippen LogP contribution is -2.59. The number of para-hydroxylation sites is 2. The van der Waals surface area contributed by atoms with Crippen molar-refractivity contribution in [3.63, 3.8) is 0 Å². The number of hydrogen-bond donors (Lipinski definition) is 0. The molecule has 32 heavy (non-hydrogen) atoms. The van der Waals surface area contributed by atoms with Gasteiger partial charge in [0.1, 0.15) is 6.10 Å². The van der Waals surface area contributed by atoms with Crippen molar-refractivity contribution in [3.05, 3.63) is 64.2 Å². The predicted molar refractivity (Wildman–Crippen MR) is 116 cm³/mol. The van der Waals surface area contributed by atoms with Crippen LogP contribution in [-0.2, 0) is 11.3 Å². The average Bonchev–Trinajstić information content (AvgIpc) is 3.08. The van der Waals surface area contributed by atoms with Gasteiger partial charge in [-0.25, -0.2) is 9.36 Å². The fraction of sp³-hybridized carbons (Fsp3) is 0.391. The lowest BCUT2D eigenvalue weighted by Gasteiger charge is -2.42. The summed E-state index contributed by atoms with van der Waals surface area (Å²) in [6.07, 6.45) is -1.06. The van der Waals surface area contributed by atoms with E-state index in [-0.39, 0.29) is 23.5 Å². The first-order valence-electron chi connectivity index (χ1n) is 10.7. The summed E-state index contributed by atoms with van der Waals surface area (Å²) in [5.41, 5.74) is 1.67. The van der Waals surface area contributed by atoms with Crippen molar-refractivity contribution in [1.29, 1.82) is 0 Å². The van der Waals surface area contributed by atoms with Crippen molar-refractivity contribution in [2.45, 2.75) is 39.5 Å². The third-order valence-electron chi connectivity index (χ3n) is 5.86. The highest BCUT2D eigenvalue weighted by atomic mass is 16.6. The van der Waals surface area contributed by atoms with Crippen LogP contribution in [0.3, 0.4) is 0 Å². The molecule has 0 spiro atoms. The van der Waals surface area contributed by atoms with Crippen LogP contribution in [0.1, 0.15) is 18.3 Å². The fourth-order valence-corrected chi connectivity index (χ4v) is 4.22. The minimum Gasteiger partial charge on any atom is -0.482 e. The second-order valence-corrected chi connectivity index (χ2v) is 8.47. The molecule has 0 radical (unpaired) electrons. The third-order valence-corrected chi connectivity index (χ3v) is 5.86. The maximum absolute atomic E-state index is 13.0. The van der Waals surface area contributed by atoms with Crippen molar-refractivity contribution in [2.24, 2.45) is 5.92 Å². The van der Waals surface area contributed by atoms with Crippen LogP contribution in [0.4, 0.5) is 0 Å². The number of rotatable bonds is 4. The van der Waals surface area contributed by atoms with Gasteiger partial charge in [-0.1, -0.05) is 12.1 Å². The molecule has 1 amide bonds. The minimum atomic E-state index is -0.680. The van der Waals surface area contributed by atoms with E-state index in [1.54, 1.807) is 21.7 Å². The molecule has 1 aromatic carbocycles.